The second kappa shape index (κ2) is 6.67. The maximum Gasteiger partial charge on any atom is 0.244 e. The van der Waals surface area contributed by atoms with Gasteiger partial charge in [-0.15, -0.1) is 0 Å². The highest BCUT2D eigenvalue weighted by molar-refractivity contribution is 7.89. The lowest BCUT2D eigenvalue weighted by molar-refractivity contribution is 0.467. The van der Waals surface area contributed by atoms with Gasteiger partial charge in [0.25, 0.3) is 0 Å². The van der Waals surface area contributed by atoms with Gasteiger partial charge in [-0.3, -0.25) is 0 Å². The van der Waals surface area contributed by atoms with Gasteiger partial charge in [-0.1, -0.05) is 35.3 Å². The Labute approximate surface area is 139 Å². The van der Waals surface area contributed by atoms with Crippen molar-refractivity contribution >= 4 is 33.2 Å². The molecule has 0 saturated heterocycles. The number of sulfonamides is 1. The van der Waals surface area contributed by atoms with Crippen LogP contribution in [0.2, 0.25) is 10.0 Å². The first-order valence-corrected chi connectivity index (χ1v) is 8.44. The van der Waals surface area contributed by atoms with E-state index in [1.54, 1.807) is 24.3 Å². The van der Waals surface area contributed by atoms with Crippen molar-refractivity contribution in [2.24, 2.45) is 0 Å². The van der Waals surface area contributed by atoms with Gasteiger partial charge in [0.2, 0.25) is 10.0 Å². The number of benzene rings is 2. The third-order valence-electron chi connectivity index (χ3n) is 3.07. The molecular formula is C15H12Cl2N2O2S. The molecule has 114 valence electrons. The summed E-state index contributed by atoms with van der Waals surface area (Å²) < 4.78 is 26.3. The number of halogens is 2. The molecule has 4 nitrogen and oxygen atoms in total. The Balaban J connectivity index is 2.28. The van der Waals surface area contributed by atoms with Gasteiger partial charge in [0, 0.05) is 18.6 Å². The Morgan fingerprint density at radius 3 is 2.36 bits per heavy atom. The summed E-state index contributed by atoms with van der Waals surface area (Å²) in [6.07, 6.45) is 0. The van der Waals surface area contributed by atoms with Gasteiger partial charge in [-0.05, 0) is 35.9 Å². The maximum atomic E-state index is 12.6. The third kappa shape index (κ3) is 3.60. The summed E-state index contributed by atoms with van der Waals surface area (Å²) in [5.74, 6) is 0. The van der Waals surface area contributed by atoms with Crippen LogP contribution in [-0.4, -0.2) is 19.8 Å². The average Bonchev–Trinajstić information content (AvgIpc) is 2.50. The van der Waals surface area contributed by atoms with Gasteiger partial charge in [-0.2, -0.15) is 9.57 Å². The van der Waals surface area contributed by atoms with E-state index < -0.39 is 10.0 Å². The maximum absolute atomic E-state index is 12.6. The number of hydrogen-bond donors (Lipinski definition) is 0. The van der Waals surface area contributed by atoms with Gasteiger partial charge in [-0.25, -0.2) is 8.42 Å². The standard InChI is InChI=1S/C15H12Cl2N2O2S/c1-19(10-12-4-2-11(9-18)3-5-12)22(20,21)15-8-13(16)6-7-14(15)17/h2-8H,10H2,1H3. The van der Waals surface area contributed by atoms with Crippen LogP contribution in [0.25, 0.3) is 0 Å². The Bertz CT molecular complexity index is 828. The second-order valence-electron chi connectivity index (χ2n) is 4.64. The molecule has 0 N–H and O–H groups in total. The molecule has 2 rings (SSSR count). The first-order valence-electron chi connectivity index (χ1n) is 6.25. The average molecular weight is 355 g/mol. The first-order chi connectivity index (χ1) is 10.3. The van der Waals surface area contributed by atoms with E-state index in [-0.39, 0.29) is 16.5 Å². The van der Waals surface area contributed by atoms with E-state index in [1.165, 1.54) is 29.6 Å². The fourth-order valence-electron chi connectivity index (χ4n) is 1.87. The van der Waals surface area contributed by atoms with Crippen LogP contribution < -0.4 is 0 Å². The molecule has 2 aromatic rings. The summed E-state index contributed by atoms with van der Waals surface area (Å²) in [5, 5.41) is 9.18. The molecule has 0 atom stereocenters. The number of nitrogens with zero attached hydrogens (tertiary/aromatic N) is 2. The molecule has 0 aliphatic rings. The fourth-order valence-corrected chi connectivity index (χ4v) is 3.76. The van der Waals surface area contributed by atoms with Crippen molar-refractivity contribution in [2.75, 3.05) is 7.05 Å². The third-order valence-corrected chi connectivity index (χ3v) is 5.59. The van der Waals surface area contributed by atoms with Gasteiger partial charge >= 0.3 is 0 Å². The van der Waals surface area contributed by atoms with Gasteiger partial charge < -0.3 is 0 Å². The molecule has 7 heteroatoms. The highest BCUT2D eigenvalue weighted by Gasteiger charge is 2.24. The molecule has 22 heavy (non-hydrogen) atoms. The summed E-state index contributed by atoms with van der Waals surface area (Å²) in [6.45, 7) is 0.164. The van der Waals surface area contributed by atoms with Crippen LogP contribution in [-0.2, 0) is 16.6 Å². The van der Waals surface area contributed by atoms with Gasteiger partial charge in [0.05, 0.1) is 16.7 Å². The largest absolute Gasteiger partial charge is 0.244 e. The van der Waals surface area contributed by atoms with Crippen molar-refractivity contribution in [1.29, 1.82) is 5.26 Å². The SMILES string of the molecule is CN(Cc1ccc(C#N)cc1)S(=O)(=O)c1cc(Cl)ccc1Cl. The van der Waals surface area contributed by atoms with Crippen molar-refractivity contribution in [3.63, 3.8) is 0 Å². The molecule has 2 aromatic carbocycles. The zero-order valence-corrected chi connectivity index (χ0v) is 14.0. The van der Waals surface area contributed by atoms with E-state index in [9.17, 15) is 8.42 Å². The predicted octanol–water partition coefficient (Wildman–Crippen LogP) is 3.69. The van der Waals surface area contributed by atoms with Crippen LogP contribution in [0.15, 0.2) is 47.4 Å². The lowest BCUT2D eigenvalue weighted by Gasteiger charge is -2.18. The summed E-state index contributed by atoms with van der Waals surface area (Å²) in [7, 11) is -2.29. The lowest BCUT2D eigenvalue weighted by Crippen LogP contribution is -2.26. The van der Waals surface area contributed by atoms with Crippen LogP contribution in [0.1, 0.15) is 11.1 Å². The summed E-state index contributed by atoms with van der Waals surface area (Å²) in [5.41, 5.74) is 1.29. The molecule has 0 saturated carbocycles. The van der Waals surface area contributed by atoms with Crippen molar-refractivity contribution in [1.82, 2.24) is 4.31 Å². The molecule has 0 heterocycles. The monoisotopic (exact) mass is 354 g/mol. The van der Waals surface area contributed by atoms with Crippen molar-refractivity contribution < 1.29 is 8.42 Å². The van der Waals surface area contributed by atoms with E-state index in [4.69, 9.17) is 28.5 Å². The Hall–Kier alpha value is -1.58. The second-order valence-corrected chi connectivity index (χ2v) is 7.50. The molecule has 0 radical (unpaired) electrons. The fraction of sp³-hybridized carbons (Fsp3) is 0.133. The molecule has 0 aliphatic heterocycles. The minimum atomic E-state index is -3.75. The minimum Gasteiger partial charge on any atom is -0.207 e. The number of rotatable bonds is 4. The van der Waals surface area contributed by atoms with Crippen LogP contribution >= 0.6 is 23.2 Å². The van der Waals surface area contributed by atoms with E-state index in [1.807, 2.05) is 6.07 Å². The summed E-state index contributed by atoms with van der Waals surface area (Å²) >= 11 is 11.8. The Morgan fingerprint density at radius 2 is 1.77 bits per heavy atom. The molecule has 0 unspecified atom stereocenters. The van der Waals surface area contributed by atoms with E-state index in [0.717, 1.165) is 5.56 Å². The molecule has 0 bridgehead atoms. The quantitative estimate of drug-likeness (QED) is 0.840. The predicted molar refractivity (Wildman–Crippen MR) is 86.3 cm³/mol. The molecule has 0 spiro atoms. The topological polar surface area (TPSA) is 61.2 Å². The summed E-state index contributed by atoms with van der Waals surface area (Å²) in [6, 6.07) is 13.0. The number of hydrogen-bond acceptors (Lipinski definition) is 3. The Kier molecular flexibility index (Phi) is 5.09. The number of nitriles is 1. The smallest absolute Gasteiger partial charge is 0.207 e. The zero-order chi connectivity index (χ0) is 16.3. The summed E-state index contributed by atoms with van der Waals surface area (Å²) in [4.78, 5) is -0.0298. The van der Waals surface area contributed by atoms with Crippen LogP contribution in [0.4, 0.5) is 0 Å². The zero-order valence-electron chi connectivity index (χ0n) is 11.6. The highest BCUT2D eigenvalue weighted by Crippen LogP contribution is 2.27. The van der Waals surface area contributed by atoms with Crippen molar-refractivity contribution in [3.8, 4) is 6.07 Å². The first kappa shape index (κ1) is 16.8. The van der Waals surface area contributed by atoms with E-state index in [2.05, 4.69) is 0 Å². The normalized spacial score (nSPS) is 11.4. The molecule has 0 aromatic heterocycles. The highest BCUT2D eigenvalue weighted by atomic mass is 35.5. The molecule has 0 aliphatic carbocycles. The van der Waals surface area contributed by atoms with Gasteiger partial charge in [0.15, 0.2) is 0 Å². The molecule has 0 fully saturated rings. The minimum absolute atomic E-state index is 0.0298. The van der Waals surface area contributed by atoms with Crippen LogP contribution in [0.5, 0.6) is 0 Å². The van der Waals surface area contributed by atoms with Crippen molar-refractivity contribution in [2.45, 2.75) is 11.4 Å². The lowest BCUT2D eigenvalue weighted by atomic mass is 10.1. The van der Waals surface area contributed by atoms with Crippen molar-refractivity contribution in [3.05, 3.63) is 63.6 Å². The van der Waals surface area contributed by atoms with E-state index >= 15 is 0 Å². The van der Waals surface area contributed by atoms with Crippen LogP contribution in [0, 0.1) is 11.3 Å². The molecular weight excluding hydrogens is 343 g/mol. The van der Waals surface area contributed by atoms with Crippen LogP contribution in [0.3, 0.4) is 0 Å². The van der Waals surface area contributed by atoms with E-state index in [0.29, 0.717) is 10.6 Å². The molecule has 0 amide bonds. The van der Waals surface area contributed by atoms with Gasteiger partial charge in [0.1, 0.15) is 4.90 Å². The Morgan fingerprint density at radius 1 is 1.14 bits per heavy atom.